The summed E-state index contributed by atoms with van der Waals surface area (Å²) in [7, 11) is 0. The molecule has 1 saturated heterocycles. The molecule has 0 bridgehead atoms. The second-order valence-electron chi connectivity index (χ2n) is 7.53. The highest BCUT2D eigenvalue weighted by Gasteiger charge is 2.39. The normalized spacial score (nSPS) is 21.8. The number of fused-ring (bicyclic) bond motifs is 1. The van der Waals surface area contributed by atoms with Crippen molar-refractivity contribution < 1.29 is 9.53 Å². The number of anilines is 1. The number of carbonyl (C=O) groups is 1. The highest BCUT2D eigenvalue weighted by Crippen LogP contribution is 2.35. The first-order valence-corrected chi connectivity index (χ1v) is 10.4. The van der Waals surface area contributed by atoms with Crippen molar-refractivity contribution in [2.45, 2.75) is 31.9 Å². The average Bonchev–Trinajstić information content (AvgIpc) is 3.11. The molecule has 28 heavy (non-hydrogen) atoms. The second kappa shape index (κ2) is 7.01. The summed E-state index contributed by atoms with van der Waals surface area (Å²) in [5.41, 5.74) is 3.79. The minimum Gasteiger partial charge on any atom is -0.488 e. The van der Waals surface area contributed by atoms with Crippen LogP contribution in [0.2, 0.25) is 0 Å². The van der Waals surface area contributed by atoms with Gasteiger partial charge in [0.15, 0.2) is 0 Å². The number of rotatable bonds is 5. The summed E-state index contributed by atoms with van der Waals surface area (Å²) in [5.74, 6) is 1.70. The monoisotopic (exact) mass is 395 g/mol. The molecule has 1 N–H and O–H groups in total. The molecule has 0 atom stereocenters. The topological polar surface area (TPSA) is 80.2 Å². The van der Waals surface area contributed by atoms with Crippen LogP contribution in [-0.2, 0) is 4.79 Å². The molecule has 1 amide bonds. The van der Waals surface area contributed by atoms with Gasteiger partial charge in [-0.2, -0.15) is 0 Å². The number of para-hydroxylation sites is 1. The number of ether oxygens (including phenoxy) is 1. The number of amides is 1. The van der Waals surface area contributed by atoms with Crippen molar-refractivity contribution in [1.82, 2.24) is 20.3 Å². The van der Waals surface area contributed by atoms with Gasteiger partial charge in [0.1, 0.15) is 17.4 Å². The fourth-order valence-electron chi connectivity index (χ4n) is 3.61. The molecule has 8 heteroatoms. The first-order valence-electron chi connectivity index (χ1n) is 9.48. The van der Waals surface area contributed by atoms with E-state index in [1.165, 1.54) is 0 Å². The summed E-state index contributed by atoms with van der Waals surface area (Å²) >= 11 is 1.61. The minimum atomic E-state index is 0.0318. The maximum Gasteiger partial charge on any atom is 0.225 e. The first-order chi connectivity index (χ1) is 13.7. The van der Waals surface area contributed by atoms with Crippen LogP contribution in [-0.4, -0.2) is 46.1 Å². The SMILES string of the molecule is Cc1cnc(N2CC(NC(=O)[C@H]3C[C@H](Oc4cccc5scnc45)C3)C2)nc1. The lowest BCUT2D eigenvalue weighted by molar-refractivity contribution is -0.131. The van der Waals surface area contributed by atoms with Gasteiger partial charge < -0.3 is 15.0 Å². The molecular formula is C20H21N5O2S. The van der Waals surface area contributed by atoms with E-state index < -0.39 is 0 Å². The molecule has 2 aromatic heterocycles. The fraction of sp³-hybridized carbons (Fsp3) is 0.400. The van der Waals surface area contributed by atoms with Crippen molar-refractivity contribution in [2.75, 3.05) is 18.0 Å². The van der Waals surface area contributed by atoms with Gasteiger partial charge in [0.2, 0.25) is 11.9 Å². The van der Waals surface area contributed by atoms with E-state index in [1.54, 1.807) is 11.3 Å². The zero-order chi connectivity index (χ0) is 19.1. The molecule has 2 aliphatic rings. The minimum absolute atomic E-state index is 0.0318. The number of thiazole rings is 1. The Bertz CT molecular complexity index is 993. The van der Waals surface area contributed by atoms with Crippen LogP contribution in [0.15, 0.2) is 36.1 Å². The summed E-state index contributed by atoms with van der Waals surface area (Å²) in [6.07, 6.45) is 5.22. The number of nitrogens with one attached hydrogen (secondary N) is 1. The molecule has 1 saturated carbocycles. The number of aryl methyl sites for hydroxylation is 1. The number of nitrogens with zero attached hydrogens (tertiary/aromatic N) is 4. The van der Waals surface area contributed by atoms with Crippen LogP contribution in [0.3, 0.4) is 0 Å². The fourth-order valence-corrected chi connectivity index (χ4v) is 4.31. The second-order valence-corrected chi connectivity index (χ2v) is 8.42. The molecule has 7 nitrogen and oxygen atoms in total. The Labute approximate surface area is 166 Å². The number of hydrogen-bond acceptors (Lipinski definition) is 7. The molecule has 3 aromatic rings. The van der Waals surface area contributed by atoms with E-state index in [0.717, 1.165) is 53.4 Å². The van der Waals surface area contributed by atoms with E-state index in [1.807, 2.05) is 43.0 Å². The highest BCUT2D eigenvalue weighted by atomic mass is 32.1. The molecule has 0 unspecified atom stereocenters. The van der Waals surface area contributed by atoms with Gasteiger partial charge in [-0.05, 0) is 37.5 Å². The zero-order valence-electron chi connectivity index (χ0n) is 15.5. The van der Waals surface area contributed by atoms with Crippen LogP contribution in [0, 0.1) is 12.8 Å². The molecule has 144 valence electrons. The Morgan fingerprint density at radius 1 is 1.21 bits per heavy atom. The summed E-state index contributed by atoms with van der Waals surface area (Å²) in [4.78, 5) is 27.6. The van der Waals surface area contributed by atoms with Crippen LogP contribution >= 0.6 is 11.3 Å². The van der Waals surface area contributed by atoms with Gasteiger partial charge in [-0.15, -0.1) is 11.3 Å². The van der Waals surface area contributed by atoms with Crippen molar-refractivity contribution in [3.8, 4) is 5.75 Å². The lowest BCUT2D eigenvalue weighted by Crippen LogP contribution is -2.61. The van der Waals surface area contributed by atoms with Crippen molar-refractivity contribution in [3.05, 3.63) is 41.7 Å². The molecule has 3 heterocycles. The quantitative estimate of drug-likeness (QED) is 0.715. The van der Waals surface area contributed by atoms with E-state index in [4.69, 9.17) is 4.74 Å². The van der Waals surface area contributed by atoms with E-state index in [9.17, 15) is 4.79 Å². The Hall–Kier alpha value is -2.74. The van der Waals surface area contributed by atoms with Gasteiger partial charge in [0.05, 0.1) is 16.3 Å². The molecule has 1 aliphatic heterocycles. The standard InChI is InChI=1S/C20H21N5O2S/c1-12-7-21-20(22-8-12)25-9-14(10-25)24-19(26)13-5-15(6-13)27-16-3-2-4-17-18(16)23-11-28-17/h2-4,7-8,11,13-15H,5-6,9-10H2,1H3,(H,24,26)/t13-,15-. The van der Waals surface area contributed by atoms with Crippen LogP contribution < -0.4 is 15.0 Å². The Morgan fingerprint density at radius 2 is 2.00 bits per heavy atom. The maximum atomic E-state index is 12.5. The predicted molar refractivity (Wildman–Crippen MR) is 108 cm³/mol. The molecule has 1 aliphatic carbocycles. The van der Waals surface area contributed by atoms with Crippen molar-refractivity contribution in [3.63, 3.8) is 0 Å². The number of carbonyl (C=O) groups excluding carboxylic acids is 1. The van der Waals surface area contributed by atoms with Crippen LogP contribution in [0.25, 0.3) is 10.2 Å². The third-order valence-electron chi connectivity index (χ3n) is 5.36. The maximum absolute atomic E-state index is 12.5. The smallest absolute Gasteiger partial charge is 0.225 e. The molecule has 0 radical (unpaired) electrons. The van der Waals surface area contributed by atoms with E-state index in [0.29, 0.717) is 0 Å². The van der Waals surface area contributed by atoms with Crippen molar-refractivity contribution in [1.29, 1.82) is 0 Å². The summed E-state index contributed by atoms with van der Waals surface area (Å²) in [5, 5.41) is 3.14. The van der Waals surface area contributed by atoms with Gasteiger partial charge in [0.25, 0.3) is 0 Å². The lowest BCUT2D eigenvalue weighted by atomic mass is 9.81. The molecule has 0 spiro atoms. The average molecular weight is 395 g/mol. The van der Waals surface area contributed by atoms with Gasteiger partial charge in [0, 0.05) is 31.4 Å². The number of aromatic nitrogens is 3. The Balaban J connectivity index is 1.08. The summed E-state index contributed by atoms with van der Waals surface area (Å²) in [6.45, 7) is 3.48. The van der Waals surface area contributed by atoms with Gasteiger partial charge >= 0.3 is 0 Å². The van der Waals surface area contributed by atoms with Gasteiger partial charge in [-0.25, -0.2) is 15.0 Å². The van der Waals surface area contributed by atoms with Gasteiger partial charge in [-0.3, -0.25) is 4.79 Å². The Kier molecular flexibility index (Phi) is 4.35. The van der Waals surface area contributed by atoms with Crippen LogP contribution in [0.4, 0.5) is 5.95 Å². The van der Waals surface area contributed by atoms with Crippen LogP contribution in [0.1, 0.15) is 18.4 Å². The van der Waals surface area contributed by atoms with Crippen molar-refractivity contribution in [2.24, 2.45) is 5.92 Å². The number of benzene rings is 1. The number of hydrogen-bond donors (Lipinski definition) is 1. The van der Waals surface area contributed by atoms with E-state index in [-0.39, 0.29) is 24.0 Å². The highest BCUT2D eigenvalue weighted by molar-refractivity contribution is 7.16. The predicted octanol–water partition coefficient (Wildman–Crippen LogP) is 2.56. The third kappa shape index (κ3) is 3.28. The van der Waals surface area contributed by atoms with Crippen molar-refractivity contribution >= 4 is 33.4 Å². The molecule has 1 aromatic carbocycles. The van der Waals surface area contributed by atoms with Gasteiger partial charge in [-0.1, -0.05) is 6.07 Å². The lowest BCUT2D eigenvalue weighted by Gasteiger charge is -2.41. The van der Waals surface area contributed by atoms with E-state index in [2.05, 4.69) is 25.2 Å². The largest absolute Gasteiger partial charge is 0.488 e. The molecular weight excluding hydrogens is 374 g/mol. The van der Waals surface area contributed by atoms with E-state index >= 15 is 0 Å². The zero-order valence-corrected chi connectivity index (χ0v) is 16.4. The van der Waals surface area contributed by atoms with Crippen LogP contribution in [0.5, 0.6) is 5.75 Å². The first kappa shape index (κ1) is 17.4. The molecule has 2 fully saturated rings. The Morgan fingerprint density at radius 3 is 2.79 bits per heavy atom. The summed E-state index contributed by atoms with van der Waals surface area (Å²) in [6, 6.07) is 6.14. The molecule has 5 rings (SSSR count). The summed E-state index contributed by atoms with van der Waals surface area (Å²) < 4.78 is 7.19. The third-order valence-corrected chi connectivity index (χ3v) is 6.15.